The Labute approximate surface area is 141 Å². The molecule has 1 amide bonds. The van der Waals surface area contributed by atoms with E-state index in [1.165, 1.54) is 0 Å². The summed E-state index contributed by atoms with van der Waals surface area (Å²) in [4.78, 5) is 12.3. The van der Waals surface area contributed by atoms with Gasteiger partial charge in [-0.1, -0.05) is 24.3 Å². The molecule has 3 aromatic rings. The van der Waals surface area contributed by atoms with E-state index in [1.807, 2.05) is 49.0 Å². The lowest BCUT2D eigenvalue weighted by atomic mass is 10.1. The zero-order valence-electron chi connectivity index (χ0n) is 13.9. The van der Waals surface area contributed by atoms with Crippen molar-refractivity contribution in [3.05, 3.63) is 71.8 Å². The number of carbonyl (C=O) groups excluding carboxylic acids is 1. The van der Waals surface area contributed by atoms with E-state index in [4.69, 9.17) is 0 Å². The molecule has 6 nitrogen and oxygen atoms in total. The van der Waals surface area contributed by atoms with Crippen LogP contribution in [0.15, 0.2) is 55.1 Å². The SMILES string of the molecule is CC(C)n1cc(C(=O)NCc2ccccc2Cn2cccn2)cn1. The molecule has 0 aliphatic heterocycles. The molecule has 0 saturated heterocycles. The summed E-state index contributed by atoms with van der Waals surface area (Å²) in [5.41, 5.74) is 2.80. The standard InChI is InChI=1S/C18H21N5O/c1-14(2)23-13-17(11-21-23)18(24)19-10-15-6-3-4-7-16(15)12-22-9-5-8-20-22/h3-9,11,13-14H,10,12H2,1-2H3,(H,19,24). The monoisotopic (exact) mass is 323 g/mol. The zero-order valence-corrected chi connectivity index (χ0v) is 13.9. The van der Waals surface area contributed by atoms with Crippen molar-refractivity contribution >= 4 is 5.91 Å². The molecule has 1 N–H and O–H groups in total. The molecule has 0 radical (unpaired) electrons. The van der Waals surface area contributed by atoms with E-state index in [1.54, 1.807) is 23.3 Å². The highest BCUT2D eigenvalue weighted by molar-refractivity contribution is 5.93. The third-order valence-corrected chi connectivity index (χ3v) is 3.84. The number of nitrogens with zero attached hydrogens (tertiary/aromatic N) is 4. The molecule has 6 heteroatoms. The third kappa shape index (κ3) is 3.71. The molecule has 2 heterocycles. The number of benzene rings is 1. The Morgan fingerprint density at radius 3 is 2.62 bits per heavy atom. The summed E-state index contributed by atoms with van der Waals surface area (Å²) in [5, 5.41) is 11.4. The summed E-state index contributed by atoms with van der Waals surface area (Å²) in [6, 6.07) is 10.2. The largest absolute Gasteiger partial charge is 0.348 e. The second kappa shape index (κ2) is 7.12. The number of carbonyl (C=O) groups is 1. The quantitative estimate of drug-likeness (QED) is 0.758. The van der Waals surface area contributed by atoms with E-state index in [0.29, 0.717) is 18.7 Å². The Morgan fingerprint density at radius 1 is 1.17 bits per heavy atom. The number of aromatic nitrogens is 4. The molecule has 0 fully saturated rings. The topological polar surface area (TPSA) is 64.7 Å². The van der Waals surface area contributed by atoms with E-state index in [0.717, 1.165) is 11.1 Å². The van der Waals surface area contributed by atoms with Crippen LogP contribution >= 0.6 is 0 Å². The van der Waals surface area contributed by atoms with E-state index in [-0.39, 0.29) is 11.9 Å². The van der Waals surface area contributed by atoms with Crippen molar-refractivity contribution in [2.75, 3.05) is 0 Å². The van der Waals surface area contributed by atoms with Gasteiger partial charge in [0.15, 0.2) is 0 Å². The maximum atomic E-state index is 12.3. The van der Waals surface area contributed by atoms with E-state index in [2.05, 4.69) is 21.6 Å². The molecule has 0 saturated carbocycles. The zero-order chi connectivity index (χ0) is 16.9. The van der Waals surface area contributed by atoms with Gasteiger partial charge in [-0.2, -0.15) is 10.2 Å². The van der Waals surface area contributed by atoms with Gasteiger partial charge in [-0.15, -0.1) is 0 Å². The predicted octanol–water partition coefficient (Wildman–Crippen LogP) is 2.64. The van der Waals surface area contributed by atoms with Crippen molar-refractivity contribution < 1.29 is 4.79 Å². The fraction of sp³-hybridized carbons (Fsp3) is 0.278. The summed E-state index contributed by atoms with van der Waals surface area (Å²) in [6.07, 6.45) is 7.06. The molecular weight excluding hydrogens is 302 g/mol. The normalized spacial score (nSPS) is 11.0. The minimum absolute atomic E-state index is 0.115. The molecule has 0 spiro atoms. The van der Waals surface area contributed by atoms with Gasteiger partial charge < -0.3 is 5.32 Å². The minimum Gasteiger partial charge on any atom is -0.348 e. The molecule has 0 unspecified atom stereocenters. The molecule has 1 aromatic carbocycles. The van der Waals surface area contributed by atoms with Crippen molar-refractivity contribution in [2.24, 2.45) is 0 Å². The summed E-state index contributed by atoms with van der Waals surface area (Å²) in [6.45, 7) is 5.22. The van der Waals surface area contributed by atoms with Crippen LogP contribution in [0, 0.1) is 0 Å². The first-order valence-corrected chi connectivity index (χ1v) is 8.00. The fourth-order valence-electron chi connectivity index (χ4n) is 2.47. The average Bonchev–Trinajstić information content (AvgIpc) is 3.25. The van der Waals surface area contributed by atoms with Crippen LogP contribution in [0.3, 0.4) is 0 Å². The summed E-state index contributed by atoms with van der Waals surface area (Å²) < 4.78 is 3.65. The molecule has 2 aromatic heterocycles. The number of rotatable bonds is 6. The molecule has 0 bridgehead atoms. The van der Waals surface area contributed by atoms with Crippen LogP contribution in [0.4, 0.5) is 0 Å². The van der Waals surface area contributed by atoms with Crippen LogP contribution in [0.25, 0.3) is 0 Å². The van der Waals surface area contributed by atoms with Crippen LogP contribution < -0.4 is 5.32 Å². The summed E-state index contributed by atoms with van der Waals surface area (Å²) >= 11 is 0. The van der Waals surface area contributed by atoms with Gasteiger partial charge in [-0.05, 0) is 31.0 Å². The van der Waals surface area contributed by atoms with Crippen molar-refractivity contribution in [3.63, 3.8) is 0 Å². The van der Waals surface area contributed by atoms with Gasteiger partial charge in [-0.3, -0.25) is 14.2 Å². The van der Waals surface area contributed by atoms with Crippen LogP contribution in [0.2, 0.25) is 0 Å². The Bertz CT molecular complexity index is 804. The summed E-state index contributed by atoms with van der Waals surface area (Å²) in [5.74, 6) is -0.115. The average molecular weight is 323 g/mol. The molecular formula is C18H21N5O. The highest BCUT2D eigenvalue weighted by Crippen LogP contribution is 2.11. The third-order valence-electron chi connectivity index (χ3n) is 3.84. The van der Waals surface area contributed by atoms with Gasteiger partial charge in [-0.25, -0.2) is 0 Å². The van der Waals surface area contributed by atoms with Gasteiger partial charge >= 0.3 is 0 Å². The van der Waals surface area contributed by atoms with E-state index < -0.39 is 0 Å². The van der Waals surface area contributed by atoms with Crippen molar-refractivity contribution in [1.82, 2.24) is 24.9 Å². The van der Waals surface area contributed by atoms with Crippen molar-refractivity contribution in [2.45, 2.75) is 33.0 Å². The second-order valence-electron chi connectivity index (χ2n) is 5.96. The van der Waals surface area contributed by atoms with E-state index >= 15 is 0 Å². The van der Waals surface area contributed by atoms with Crippen LogP contribution in [-0.2, 0) is 13.1 Å². The number of amides is 1. The van der Waals surface area contributed by atoms with Gasteiger partial charge in [0, 0.05) is 31.2 Å². The Morgan fingerprint density at radius 2 is 1.96 bits per heavy atom. The minimum atomic E-state index is -0.115. The van der Waals surface area contributed by atoms with Gasteiger partial charge in [0.1, 0.15) is 0 Å². The second-order valence-corrected chi connectivity index (χ2v) is 5.96. The lowest BCUT2D eigenvalue weighted by Crippen LogP contribution is -2.23. The maximum Gasteiger partial charge on any atom is 0.254 e. The maximum absolute atomic E-state index is 12.3. The highest BCUT2D eigenvalue weighted by atomic mass is 16.1. The lowest BCUT2D eigenvalue weighted by molar-refractivity contribution is 0.0950. The fourth-order valence-corrected chi connectivity index (χ4v) is 2.47. The van der Waals surface area contributed by atoms with Crippen LogP contribution in [0.5, 0.6) is 0 Å². The van der Waals surface area contributed by atoms with Gasteiger partial charge in [0.25, 0.3) is 5.91 Å². The molecule has 24 heavy (non-hydrogen) atoms. The molecule has 0 atom stereocenters. The number of hydrogen-bond donors (Lipinski definition) is 1. The van der Waals surface area contributed by atoms with Crippen molar-refractivity contribution in [1.29, 1.82) is 0 Å². The molecule has 0 aliphatic rings. The lowest BCUT2D eigenvalue weighted by Gasteiger charge is -2.10. The Balaban J connectivity index is 1.66. The summed E-state index contributed by atoms with van der Waals surface area (Å²) in [7, 11) is 0. The smallest absolute Gasteiger partial charge is 0.254 e. The number of nitrogens with one attached hydrogen (secondary N) is 1. The van der Waals surface area contributed by atoms with Crippen LogP contribution in [0.1, 0.15) is 41.4 Å². The first-order valence-electron chi connectivity index (χ1n) is 8.00. The van der Waals surface area contributed by atoms with Gasteiger partial charge in [0.2, 0.25) is 0 Å². The number of hydrogen-bond acceptors (Lipinski definition) is 3. The Hall–Kier alpha value is -2.89. The molecule has 124 valence electrons. The van der Waals surface area contributed by atoms with E-state index in [9.17, 15) is 4.79 Å². The van der Waals surface area contributed by atoms with Gasteiger partial charge in [0.05, 0.1) is 18.3 Å². The molecule has 0 aliphatic carbocycles. The van der Waals surface area contributed by atoms with Crippen LogP contribution in [-0.4, -0.2) is 25.5 Å². The molecule has 3 rings (SSSR count). The highest BCUT2D eigenvalue weighted by Gasteiger charge is 2.11. The first-order chi connectivity index (χ1) is 11.6. The van der Waals surface area contributed by atoms with Crippen molar-refractivity contribution in [3.8, 4) is 0 Å². The Kier molecular flexibility index (Phi) is 4.74. The predicted molar refractivity (Wildman–Crippen MR) is 91.6 cm³/mol. The first kappa shape index (κ1) is 16.0.